The van der Waals surface area contributed by atoms with Crippen molar-refractivity contribution < 1.29 is 0 Å². The maximum absolute atomic E-state index is 5.88. The van der Waals surface area contributed by atoms with Gasteiger partial charge in [0.15, 0.2) is 0 Å². The fourth-order valence-electron chi connectivity index (χ4n) is 0.321. The highest BCUT2D eigenvalue weighted by molar-refractivity contribution is 7.51. The number of halogens is 4. The van der Waals surface area contributed by atoms with E-state index in [4.69, 9.17) is 44.3 Å². The highest BCUT2D eigenvalue weighted by Crippen LogP contribution is 2.27. The van der Waals surface area contributed by atoms with Gasteiger partial charge in [-0.05, 0) is 11.7 Å². The predicted molar refractivity (Wildman–Crippen MR) is 50.2 cm³/mol. The molecule has 0 saturated carbocycles. The van der Waals surface area contributed by atoms with Crippen LogP contribution in [0.3, 0.4) is 0 Å². The van der Waals surface area contributed by atoms with Gasteiger partial charge >= 0.3 is 0 Å². The van der Waals surface area contributed by atoms with Gasteiger partial charge < -0.3 is 0 Å². The van der Waals surface area contributed by atoms with Crippen molar-refractivity contribution in [2.45, 2.75) is 18.6 Å². The van der Waals surface area contributed by atoms with Crippen molar-refractivity contribution in [3.63, 3.8) is 0 Å². The fourth-order valence-corrected chi connectivity index (χ4v) is 11.9. The Morgan fingerprint density at radius 1 is 1.33 bits per heavy atom. The maximum Gasteiger partial charge on any atom is 0.273 e. The molecule has 0 nitrogen and oxygen atoms in total. The van der Waals surface area contributed by atoms with Crippen LogP contribution in [0, 0.1) is 0 Å². The zero-order valence-corrected chi connectivity index (χ0v) is 9.95. The maximum atomic E-state index is 5.88. The lowest BCUT2D eigenvalue weighted by molar-refractivity contribution is 1.42. The minimum Gasteiger partial charge on any atom is -0.147 e. The molecule has 0 spiro atoms. The van der Waals surface area contributed by atoms with Crippen molar-refractivity contribution in [2.75, 3.05) is 0 Å². The molecule has 0 aromatic heterocycles. The molecule has 0 rings (SSSR count). The van der Waals surface area contributed by atoms with Gasteiger partial charge in [-0.15, -0.1) is 44.3 Å². The van der Waals surface area contributed by atoms with Gasteiger partial charge in [0, 0.05) is 0 Å². The van der Waals surface area contributed by atoms with Crippen molar-refractivity contribution in [1.29, 1.82) is 0 Å². The predicted octanol–water partition coefficient (Wildman–Crippen LogP) is 3.43. The van der Waals surface area contributed by atoms with E-state index in [0.717, 1.165) is 6.04 Å². The molecule has 55 valence electrons. The second-order valence-electron chi connectivity index (χ2n) is 1.72. The van der Waals surface area contributed by atoms with Crippen LogP contribution in [0.5, 0.6) is 0 Å². The zero-order valence-electron chi connectivity index (χ0n) is 4.93. The summed E-state index contributed by atoms with van der Waals surface area (Å²) in [6.07, 6.45) is 0. The van der Waals surface area contributed by atoms with Crippen LogP contribution in [0.2, 0.25) is 11.7 Å². The molecular formula is C3H7Cl4Si2. The Balaban J connectivity index is 3.58. The lowest BCUT2D eigenvalue weighted by atomic mass is 11.0. The van der Waals surface area contributed by atoms with Crippen LogP contribution >= 0.6 is 44.3 Å². The van der Waals surface area contributed by atoms with Gasteiger partial charge in [0.05, 0.1) is 0 Å². The minimum absolute atomic E-state index is 0.653. The molecule has 0 aliphatic heterocycles. The van der Waals surface area contributed by atoms with E-state index in [0.29, 0.717) is 5.67 Å². The molecule has 0 aliphatic rings. The Labute approximate surface area is 76.9 Å². The third kappa shape index (κ3) is 6.01. The molecule has 9 heavy (non-hydrogen) atoms. The summed E-state index contributed by atoms with van der Waals surface area (Å²) in [5, 5.41) is 0. The highest BCUT2D eigenvalue weighted by atomic mass is 35.7. The van der Waals surface area contributed by atoms with Crippen LogP contribution in [0.25, 0.3) is 0 Å². The van der Waals surface area contributed by atoms with Crippen LogP contribution in [0.1, 0.15) is 6.92 Å². The first-order chi connectivity index (χ1) is 3.98. The first kappa shape index (κ1) is 10.6. The molecule has 0 heterocycles. The van der Waals surface area contributed by atoms with E-state index in [9.17, 15) is 0 Å². The summed E-state index contributed by atoms with van der Waals surface area (Å²) in [5.74, 6) is 0. The molecule has 1 radical (unpaired) electrons. The number of rotatable bonds is 3. The van der Waals surface area contributed by atoms with Crippen molar-refractivity contribution in [3.05, 3.63) is 0 Å². The van der Waals surface area contributed by atoms with Crippen LogP contribution in [0.4, 0.5) is 0 Å². The van der Waals surface area contributed by atoms with Crippen molar-refractivity contribution >= 4 is 58.4 Å². The van der Waals surface area contributed by atoms with Gasteiger partial charge in [0.25, 0.3) is 14.1 Å². The van der Waals surface area contributed by atoms with Gasteiger partial charge in [0.1, 0.15) is 0 Å². The van der Waals surface area contributed by atoms with Crippen molar-refractivity contribution in [2.24, 2.45) is 0 Å². The van der Waals surface area contributed by atoms with E-state index in [1.807, 2.05) is 6.92 Å². The van der Waals surface area contributed by atoms with Crippen molar-refractivity contribution in [3.8, 4) is 0 Å². The van der Waals surface area contributed by atoms with Crippen LogP contribution in [-0.4, -0.2) is 14.1 Å². The Morgan fingerprint density at radius 3 is 1.89 bits per heavy atom. The lowest BCUT2D eigenvalue weighted by Crippen LogP contribution is -2.21. The monoisotopic (exact) mass is 239 g/mol. The van der Waals surface area contributed by atoms with Gasteiger partial charge in [-0.2, -0.15) is 0 Å². The summed E-state index contributed by atoms with van der Waals surface area (Å²) in [5.41, 5.74) is 0.653. The van der Waals surface area contributed by atoms with Crippen LogP contribution in [0.15, 0.2) is 0 Å². The van der Waals surface area contributed by atoms with Crippen molar-refractivity contribution in [1.82, 2.24) is 0 Å². The Kier molecular flexibility index (Phi) is 5.26. The molecular weight excluding hydrogens is 234 g/mol. The van der Waals surface area contributed by atoms with E-state index in [-0.39, 0.29) is 0 Å². The third-order valence-electron chi connectivity index (χ3n) is 0.910. The Hall–Kier alpha value is 1.59. The topological polar surface area (TPSA) is 0 Å². The van der Waals surface area contributed by atoms with Crippen LogP contribution in [-0.2, 0) is 0 Å². The van der Waals surface area contributed by atoms with Gasteiger partial charge in [-0.25, -0.2) is 0 Å². The first-order valence-electron chi connectivity index (χ1n) is 2.52. The second-order valence-corrected chi connectivity index (χ2v) is 14.5. The molecule has 0 aromatic carbocycles. The van der Waals surface area contributed by atoms with E-state index in [1.54, 1.807) is 0 Å². The molecule has 0 saturated heterocycles. The molecule has 0 bridgehead atoms. The normalized spacial score (nSPS) is 12.7. The summed E-state index contributed by atoms with van der Waals surface area (Å²) in [7, 11) is -1.26. The molecule has 0 N–H and O–H groups in total. The molecule has 6 heteroatoms. The van der Waals surface area contributed by atoms with Gasteiger partial charge in [0.2, 0.25) is 0 Å². The summed E-state index contributed by atoms with van der Waals surface area (Å²) >= 11 is 22.9. The summed E-state index contributed by atoms with van der Waals surface area (Å²) in [4.78, 5) is 0. The average molecular weight is 241 g/mol. The minimum atomic E-state index is -2.01. The average Bonchev–Trinajstić information content (AvgIpc) is 1.63. The standard InChI is InChI=1S/C3H7Cl4Si2/c1-2-9(6,7)3-8(4)5/h2-3H2,1H3. The van der Waals surface area contributed by atoms with E-state index in [2.05, 4.69) is 0 Å². The largest absolute Gasteiger partial charge is 0.273 e. The van der Waals surface area contributed by atoms with Crippen LogP contribution < -0.4 is 0 Å². The second kappa shape index (κ2) is 4.47. The quantitative estimate of drug-likeness (QED) is 0.524. The summed E-state index contributed by atoms with van der Waals surface area (Å²) < 4.78 is 0. The molecule has 0 amide bonds. The number of hydrogen-bond donors (Lipinski definition) is 0. The molecule has 0 unspecified atom stereocenters. The highest BCUT2D eigenvalue weighted by Gasteiger charge is 2.29. The molecule has 0 aromatic rings. The fraction of sp³-hybridized carbons (Fsp3) is 1.00. The van der Waals surface area contributed by atoms with Gasteiger partial charge in [-0.1, -0.05) is 6.92 Å². The summed E-state index contributed by atoms with van der Waals surface area (Å²) in [6.45, 7) is -0.0514. The first-order valence-corrected chi connectivity index (χ1v) is 10.7. The summed E-state index contributed by atoms with van der Waals surface area (Å²) in [6, 6.07) is 0.823. The molecule has 0 aliphatic carbocycles. The van der Waals surface area contributed by atoms with Gasteiger partial charge in [-0.3, -0.25) is 0 Å². The Bertz CT molecular complexity index is 83.9. The Morgan fingerprint density at radius 2 is 1.78 bits per heavy atom. The lowest BCUT2D eigenvalue weighted by Gasteiger charge is -2.11. The molecule has 0 fully saturated rings. The smallest absolute Gasteiger partial charge is 0.147 e. The molecule has 0 atom stereocenters. The zero-order chi connectivity index (χ0) is 7.49. The van der Waals surface area contributed by atoms with E-state index in [1.165, 1.54) is 0 Å². The SMILES string of the molecule is CC[Si](Cl)(Cl)C[Si](Cl)Cl. The van der Waals surface area contributed by atoms with E-state index >= 15 is 0 Å². The third-order valence-corrected chi connectivity index (χ3v) is 11.5. The number of hydrogen-bond acceptors (Lipinski definition) is 0. The van der Waals surface area contributed by atoms with E-state index < -0.39 is 14.1 Å².